The standard InChI is InChI=1S/C29H33N3O6/c1-6-8-9-15-16-12-32-20(10-18-17(26(32)33)13-36-27(34)29(18,35)7-2)23(16)30-19-11-21-25(38-14-37-21)24(22(15)19)31-28(3,4)5/h10-11,31,35H,6-9,12-14H2,1-5H3/t29-/m0/s1. The maximum atomic E-state index is 13.7. The number of carbonyl (C=O) groups is 1. The number of hydrogen-bond acceptors (Lipinski definition) is 8. The maximum absolute atomic E-state index is 13.7. The summed E-state index contributed by atoms with van der Waals surface area (Å²) in [6, 6.07) is 3.66. The second-order valence-corrected chi connectivity index (χ2v) is 11.4. The zero-order valence-electron chi connectivity index (χ0n) is 22.5. The minimum Gasteiger partial charge on any atom is -0.458 e. The van der Waals surface area contributed by atoms with Crippen LogP contribution >= 0.6 is 0 Å². The lowest BCUT2D eigenvalue weighted by molar-refractivity contribution is -0.172. The lowest BCUT2D eigenvalue weighted by Gasteiger charge is -2.31. The molecule has 3 aliphatic rings. The molecule has 9 heteroatoms. The number of benzene rings is 1. The van der Waals surface area contributed by atoms with Crippen LogP contribution in [-0.2, 0) is 34.7 Å². The molecule has 38 heavy (non-hydrogen) atoms. The van der Waals surface area contributed by atoms with Gasteiger partial charge < -0.3 is 29.2 Å². The Kier molecular flexibility index (Phi) is 5.51. The molecule has 3 aliphatic heterocycles. The lowest BCUT2D eigenvalue weighted by Crippen LogP contribution is -2.44. The van der Waals surface area contributed by atoms with Gasteiger partial charge in [-0.2, -0.15) is 0 Å². The van der Waals surface area contributed by atoms with Crippen molar-refractivity contribution in [2.45, 2.75) is 84.6 Å². The SMILES string of the molecule is CCCCc1c2c(nc3cc4c(c(NC(C)(C)C)c13)OCO4)-c1cc3c(c(=O)n1C2)COC(=O)[C@]3(O)CC. The van der Waals surface area contributed by atoms with Crippen molar-refractivity contribution < 1.29 is 24.1 Å². The summed E-state index contributed by atoms with van der Waals surface area (Å²) in [6.07, 6.45) is 2.88. The average molecular weight is 520 g/mol. The summed E-state index contributed by atoms with van der Waals surface area (Å²) >= 11 is 0. The molecule has 3 aromatic rings. The molecular formula is C29H33N3O6. The molecule has 2 N–H and O–H groups in total. The Hall–Kier alpha value is -3.59. The normalized spacial score (nSPS) is 19.3. The van der Waals surface area contributed by atoms with E-state index in [1.54, 1.807) is 17.6 Å². The van der Waals surface area contributed by atoms with E-state index < -0.39 is 11.6 Å². The molecule has 9 nitrogen and oxygen atoms in total. The van der Waals surface area contributed by atoms with Crippen LogP contribution < -0.4 is 20.3 Å². The molecular weight excluding hydrogens is 486 g/mol. The van der Waals surface area contributed by atoms with Gasteiger partial charge in [0.25, 0.3) is 5.56 Å². The van der Waals surface area contributed by atoms with Crippen molar-refractivity contribution in [3.05, 3.63) is 44.7 Å². The highest BCUT2D eigenvalue weighted by Gasteiger charge is 2.45. The second-order valence-electron chi connectivity index (χ2n) is 11.4. The van der Waals surface area contributed by atoms with Gasteiger partial charge in [-0.05, 0) is 51.7 Å². The molecule has 200 valence electrons. The summed E-state index contributed by atoms with van der Waals surface area (Å²) in [5, 5.41) is 15.8. The van der Waals surface area contributed by atoms with E-state index in [4.69, 9.17) is 19.2 Å². The number of cyclic esters (lactones) is 1. The summed E-state index contributed by atoms with van der Waals surface area (Å²) in [7, 11) is 0. The number of ether oxygens (including phenoxy) is 3. The molecule has 0 bridgehead atoms. The molecule has 0 fully saturated rings. The molecule has 0 radical (unpaired) electrons. The fraction of sp³-hybridized carbons (Fsp3) is 0.483. The van der Waals surface area contributed by atoms with E-state index in [1.807, 2.05) is 6.07 Å². The minimum atomic E-state index is -1.86. The average Bonchev–Trinajstić information content (AvgIpc) is 3.49. The van der Waals surface area contributed by atoms with Gasteiger partial charge in [0.05, 0.1) is 34.7 Å². The zero-order valence-corrected chi connectivity index (χ0v) is 22.5. The summed E-state index contributed by atoms with van der Waals surface area (Å²) in [5.74, 6) is 0.580. The number of esters is 1. The highest BCUT2D eigenvalue weighted by Crippen LogP contribution is 2.49. The second kappa shape index (κ2) is 8.46. The number of carbonyl (C=O) groups excluding carboxylic acids is 1. The van der Waals surface area contributed by atoms with Crippen molar-refractivity contribution in [3.8, 4) is 22.9 Å². The third kappa shape index (κ3) is 3.51. The van der Waals surface area contributed by atoms with Gasteiger partial charge in [0.2, 0.25) is 6.79 Å². The van der Waals surface area contributed by atoms with Crippen LogP contribution in [0.4, 0.5) is 5.69 Å². The number of pyridine rings is 2. The Morgan fingerprint density at radius 3 is 2.63 bits per heavy atom. The number of anilines is 1. The van der Waals surface area contributed by atoms with Crippen LogP contribution in [0.25, 0.3) is 22.3 Å². The monoisotopic (exact) mass is 519 g/mol. The summed E-state index contributed by atoms with van der Waals surface area (Å²) in [5.41, 5.74) is 3.27. The van der Waals surface area contributed by atoms with Gasteiger partial charge in [0, 0.05) is 28.1 Å². The number of nitrogens with zero attached hydrogens (tertiary/aromatic N) is 2. The number of aliphatic hydroxyl groups is 1. The molecule has 5 heterocycles. The van der Waals surface area contributed by atoms with Gasteiger partial charge in [-0.1, -0.05) is 20.3 Å². The van der Waals surface area contributed by atoms with Gasteiger partial charge >= 0.3 is 5.97 Å². The molecule has 1 atom stereocenters. The van der Waals surface area contributed by atoms with Crippen LogP contribution in [0.2, 0.25) is 0 Å². The van der Waals surface area contributed by atoms with Gasteiger partial charge in [-0.15, -0.1) is 0 Å². The Balaban J connectivity index is 1.66. The zero-order chi connectivity index (χ0) is 27.0. The highest BCUT2D eigenvalue weighted by molar-refractivity contribution is 6.02. The van der Waals surface area contributed by atoms with Gasteiger partial charge in [0.1, 0.15) is 6.61 Å². The van der Waals surface area contributed by atoms with Crippen molar-refractivity contribution in [3.63, 3.8) is 0 Å². The van der Waals surface area contributed by atoms with Crippen molar-refractivity contribution in [1.82, 2.24) is 9.55 Å². The fourth-order valence-corrected chi connectivity index (χ4v) is 5.82. The van der Waals surface area contributed by atoms with Crippen LogP contribution in [0.3, 0.4) is 0 Å². The third-order valence-electron chi connectivity index (χ3n) is 7.71. The third-order valence-corrected chi connectivity index (χ3v) is 7.71. The first-order chi connectivity index (χ1) is 18.1. The van der Waals surface area contributed by atoms with Gasteiger partial charge in [-0.25, -0.2) is 9.78 Å². The van der Waals surface area contributed by atoms with Crippen molar-refractivity contribution in [1.29, 1.82) is 0 Å². The molecule has 0 saturated heterocycles. The Bertz CT molecular complexity index is 1570. The van der Waals surface area contributed by atoms with Crippen LogP contribution in [-0.4, -0.2) is 33.0 Å². The number of rotatable bonds is 5. The van der Waals surface area contributed by atoms with E-state index in [9.17, 15) is 14.7 Å². The highest BCUT2D eigenvalue weighted by atomic mass is 16.7. The molecule has 0 aliphatic carbocycles. The quantitative estimate of drug-likeness (QED) is 0.374. The van der Waals surface area contributed by atoms with E-state index >= 15 is 0 Å². The first-order valence-electron chi connectivity index (χ1n) is 13.3. The van der Waals surface area contributed by atoms with E-state index in [0.29, 0.717) is 40.6 Å². The minimum absolute atomic E-state index is 0.104. The smallest absolute Gasteiger partial charge is 0.343 e. The molecule has 0 spiro atoms. The first-order valence-corrected chi connectivity index (χ1v) is 13.3. The largest absolute Gasteiger partial charge is 0.458 e. The van der Waals surface area contributed by atoms with Gasteiger partial charge in [0.15, 0.2) is 17.1 Å². The van der Waals surface area contributed by atoms with E-state index in [-0.39, 0.29) is 30.9 Å². The van der Waals surface area contributed by atoms with Crippen molar-refractivity contribution in [2.24, 2.45) is 0 Å². The first kappa shape index (κ1) is 24.7. The van der Waals surface area contributed by atoms with Crippen LogP contribution in [0.15, 0.2) is 16.9 Å². The predicted octanol–water partition coefficient (Wildman–Crippen LogP) is 4.36. The van der Waals surface area contributed by atoms with Crippen molar-refractivity contribution in [2.75, 3.05) is 12.1 Å². The van der Waals surface area contributed by atoms with E-state index in [2.05, 4.69) is 33.0 Å². The molecule has 6 rings (SSSR count). The molecule has 0 saturated carbocycles. The Labute approximate surface area is 220 Å². The van der Waals surface area contributed by atoms with Gasteiger partial charge in [-0.3, -0.25) is 4.79 Å². The summed E-state index contributed by atoms with van der Waals surface area (Å²) in [6.45, 7) is 10.5. The number of unbranched alkanes of at least 4 members (excludes halogenated alkanes) is 1. The van der Waals surface area contributed by atoms with Crippen LogP contribution in [0, 0.1) is 0 Å². The van der Waals surface area contributed by atoms with Crippen LogP contribution in [0.1, 0.15) is 76.1 Å². The van der Waals surface area contributed by atoms with E-state index in [1.165, 1.54) is 0 Å². The lowest BCUT2D eigenvalue weighted by atomic mass is 9.86. The Morgan fingerprint density at radius 1 is 1.13 bits per heavy atom. The fourth-order valence-electron chi connectivity index (χ4n) is 5.82. The molecule has 2 aromatic heterocycles. The summed E-state index contributed by atoms with van der Waals surface area (Å²) in [4.78, 5) is 31.3. The molecule has 0 unspecified atom stereocenters. The van der Waals surface area contributed by atoms with Crippen LogP contribution in [0.5, 0.6) is 11.5 Å². The number of aromatic nitrogens is 2. The number of hydrogen-bond donors (Lipinski definition) is 2. The van der Waals surface area contributed by atoms with E-state index in [0.717, 1.165) is 47.0 Å². The predicted molar refractivity (Wildman–Crippen MR) is 143 cm³/mol. The molecule has 1 aromatic carbocycles. The summed E-state index contributed by atoms with van der Waals surface area (Å²) < 4.78 is 18.6. The molecule has 0 amide bonds. The number of fused-ring (bicyclic) bond motifs is 6. The topological polar surface area (TPSA) is 112 Å². The maximum Gasteiger partial charge on any atom is 0.343 e. The number of nitrogens with one attached hydrogen (secondary N) is 1. The van der Waals surface area contributed by atoms with Crippen molar-refractivity contribution >= 4 is 22.6 Å². The number of aryl methyl sites for hydroxylation is 1. The Morgan fingerprint density at radius 2 is 1.92 bits per heavy atom.